The molecule has 0 amide bonds. The van der Waals surface area contributed by atoms with Crippen molar-refractivity contribution in [3.63, 3.8) is 0 Å². The van der Waals surface area contributed by atoms with Crippen LogP contribution in [0.1, 0.15) is 35.8 Å². The molecule has 7 heteroatoms. The predicted octanol–water partition coefficient (Wildman–Crippen LogP) is 3.92. The largest absolute Gasteiger partial charge is 0.339 e. The zero-order chi connectivity index (χ0) is 19.7. The van der Waals surface area contributed by atoms with Crippen molar-refractivity contribution in [2.75, 3.05) is 13.1 Å². The molecule has 0 N–H and O–H groups in total. The first-order chi connectivity index (χ1) is 13.4. The molecule has 0 bridgehead atoms. The molecule has 4 rings (SSSR count). The Morgan fingerprint density at radius 2 is 1.71 bits per heavy atom. The second-order valence-electron chi connectivity index (χ2n) is 7.32. The van der Waals surface area contributed by atoms with Crippen molar-refractivity contribution < 1.29 is 12.9 Å². The summed E-state index contributed by atoms with van der Waals surface area (Å²) < 4.78 is 32.7. The van der Waals surface area contributed by atoms with E-state index in [0.717, 1.165) is 16.7 Å². The Kier molecular flexibility index (Phi) is 5.03. The Morgan fingerprint density at radius 1 is 1.00 bits per heavy atom. The summed E-state index contributed by atoms with van der Waals surface area (Å²) >= 11 is 0. The normalized spacial score (nSPS) is 16.4. The van der Waals surface area contributed by atoms with Gasteiger partial charge in [0.05, 0.1) is 4.90 Å². The van der Waals surface area contributed by atoms with Crippen LogP contribution in [0.5, 0.6) is 0 Å². The maximum Gasteiger partial charge on any atom is 0.243 e. The Morgan fingerprint density at radius 3 is 2.39 bits per heavy atom. The van der Waals surface area contributed by atoms with E-state index < -0.39 is 10.0 Å². The monoisotopic (exact) mass is 397 g/mol. The standard InChI is InChI=1S/C21H23N3O3S/c1-15-6-8-19(9-7-15)28(25,26)24-12-10-17(11-13-24)21-22-20(23-27-21)18-5-3-4-16(2)14-18/h3-9,14,17H,10-13H2,1-2H3. The first kappa shape index (κ1) is 18.8. The summed E-state index contributed by atoms with van der Waals surface area (Å²) in [6.07, 6.45) is 1.33. The van der Waals surface area contributed by atoms with Gasteiger partial charge in [0.25, 0.3) is 0 Å². The maximum absolute atomic E-state index is 12.8. The van der Waals surface area contributed by atoms with Gasteiger partial charge in [-0.15, -0.1) is 0 Å². The molecule has 1 saturated heterocycles. The van der Waals surface area contributed by atoms with Crippen LogP contribution >= 0.6 is 0 Å². The highest BCUT2D eigenvalue weighted by Crippen LogP contribution is 2.31. The van der Waals surface area contributed by atoms with E-state index in [-0.39, 0.29) is 5.92 Å². The number of piperidine rings is 1. The van der Waals surface area contributed by atoms with Gasteiger partial charge in [0.15, 0.2) is 0 Å². The Balaban J connectivity index is 1.45. The molecule has 146 valence electrons. The molecule has 1 fully saturated rings. The molecule has 28 heavy (non-hydrogen) atoms. The van der Waals surface area contributed by atoms with E-state index in [1.54, 1.807) is 16.4 Å². The average Bonchev–Trinajstić information content (AvgIpc) is 3.19. The third kappa shape index (κ3) is 3.72. The lowest BCUT2D eigenvalue weighted by Crippen LogP contribution is -2.37. The van der Waals surface area contributed by atoms with Gasteiger partial charge in [-0.25, -0.2) is 8.42 Å². The molecule has 1 aliphatic heterocycles. The summed E-state index contributed by atoms with van der Waals surface area (Å²) in [4.78, 5) is 4.90. The Hall–Kier alpha value is -2.51. The predicted molar refractivity (Wildman–Crippen MR) is 106 cm³/mol. The molecule has 0 atom stereocenters. The van der Waals surface area contributed by atoms with Gasteiger partial charge in [0, 0.05) is 24.6 Å². The van der Waals surface area contributed by atoms with Crippen LogP contribution in [0.2, 0.25) is 0 Å². The molecule has 2 heterocycles. The van der Waals surface area contributed by atoms with Gasteiger partial charge in [-0.05, 0) is 44.9 Å². The lowest BCUT2D eigenvalue weighted by Gasteiger charge is -2.29. The minimum atomic E-state index is -3.46. The number of sulfonamides is 1. The van der Waals surface area contributed by atoms with E-state index in [0.29, 0.717) is 42.5 Å². The van der Waals surface area contributed by atoms with Gasteiger partial charge in [0.1, 0.15) is 0 Å². The highest BCUT2D eigenvalue weighted by molar-refractivity contribution is 7.89. The molecule has 0 radical (unpaired) electrons. The van der Waals surface area contributed by atoms with E-state index in [4.69, 9.17) is 4.52 Å². The molecule has 2 aromatic carbocycles. The van der Waals surface area contributed by atoms with Crippen LogP contribution in [0.4, 0.5) is 0 Å². The van der Waals surface area contributed by atoms with Gasteiger partial charge < -0.3 is 4.52 Å². The van der Waals surface area contributed by atoms with Crippen molar-refractivity contribution in [2.45, 2.75) is 37.5 Å². The molecule has 3 aromatic rings. The number of benzene rings is 2. The first-order valence-electron chi connectivity index (χ1n) is 9.41. The van der Waals surface area contributed by atoms with E-state index in [9.17, 15) is 8.42 Å². The van der Waals surface area contributed by atoms with Gasteiger partial charge in [-0.1, -0.05) is 46.6 Å². The Labute approximate surface area is 165 Å². The van der Waals surface area contributed by atoms with Crippen LogP contribution in [0.3, 0.4) is 0 Å². The number of hydrogen-bond acceptors (Lipinski definition) is 5. The fourth-order valence-corrected chi connectivity index (χ4v) is 4.97. The van der Waals surface area contributed by atoms with Crippen LogP contribution in [0, 0.1) is 13.8 Å². The summed E-state index contributed by atoms with van der Waals surface area (Å²) in [7, 11) is -3.46. The van der Waals surface area contributed by atoms with Crippen molar-refractivity contribution >= 4 is 10.0 Å². The zero-order valence-electron chi connectivity index (χ0n) is 16.0. The lowest BCUT2D eigenvalue weighted by atomic mass is 9.98. The molecule has 1 aromatic heterocycles. The van der Waals surface area contributed by atoms with Gasteiger partial charge in [-0.3, -0.25) is 0 Å². The lowest BCUT2D eigenvalue weighted by molar-refractivity contribution is 0.271. The second kappa shape index (κ2) is 7.48. The smallest absolute Gasteiger partial charge is 0.243 e. The zero-order valence-corrected chi connectivity index (χ0v) is 16.8. The third-order valence-electron chi connectivity index (χ3n) is 5.18. The fourth-order valence-electron chi connectivity index (χ4n) is 3.50. The average molecular weight is 398 g/mol. The molecular weight excluding hydrogens is 374 g/mol. The summed E-state index contributed by atoms with van der Waals surface area (Å²) in [6.45, 7) is 4.86. The van der Waals surface area contributed by atoms with Crippen molar-refractivity contribution in [1.82, 2.24) is 14.4 Å². The Bertz CT molecular complexity index is 1070. The number of aromatic nitrogens is 2. The van der Waals surface area contributed by atoms with Crippen LogP contribution < -0.4 is 0 Å². The molecule has 0 spiro atoms. The number of nitrogens with zero attached hydrogens (tertiary/aromatic N) is 3. The second-order valence-corrected chi connectivity index (χ2v) is 9.26. The van der Waals surface area contributed by atoms with Crippen molar-refractivity contribution in [2.24, 2.45) is 0 Å². The van der Waals surface area contributed by atoms with Crippen molar-refractivity contribution in [1.29, 1.82) is 0 Å². The van der Waals surface area contributed by atoms with Gasteiger partial charge in [-0.2, -0.15) is 9.29 Å². The molecule has 0 saturated carbocycles. The highest BCUT2D eigenvalue weighted by Gasteiger charge is 2.32. The van der Waals surface area contributed by atoms with Crippen LogP contribution in [-0.4, -0.2) is 36.0 Å². The van der Waals surface area contributed by atoms with E-state index >= 15 is 0 Å². The van der Waals surface area contributed by atoms with Crippen LogP contribution in [0.15, 0.2) is 57.9 Å². The third-order valence-corrected chi connectivity index (χ3v) is 7.09. The summed E-state index contributed by atoms with van der Waals surface area (Å²) in [5.74, 6) is 1.24. The van der Waals surface area contributed by atoms with Crippen molar-refractivity contribution in [3.05, 3.63) is 65.5 Å². The first-order valence-corrected chi connectivity index (χ1v) is 10.8. The summed E-state index contributed by atoms with van der Waals surface area (Å²) in [5.41, 5.74) is 3.10. The summed E-state index contributed by atoms with van der Waals surface area (Å²) in [6, 6.07) is 15.0. The minimum Gasteiger partial charge on any atom is -0.339 e. The molecule has 1 aliphatic rings. The molecular formula is C21H23N3O3S. The molecule has 0 unspecified atom stereocenters. The van der Waals surface area contributed by atoms with Crippen molar-refractivity contribution in [3.8, 4) is 11.4 Å². The van der Waals surface area contributed by atoms with Crippen LogP contribution in [-0.2, 0) is 10.0 Å². The topological polar surface area (TPSA) is 76.3 Å². The number of aryl methyl sites for hydroxylation is 2. The number of rotatable bonds is 4. The van der Waals surface area contributed by atoms with E-state index in [1.165, 1.54) is 0 Å². The summed E-state index contributed by atoms with van der Waals surface area (Å²) in [5, 5.41) is 4.11. The minimum absolute atomic E-state index is 0.0792. The quantitative estimate of drug-likeness (QED) is 0.667. The fraction of sp³-hybridized carbons (Fsp3) is 0.333. The van der Waals surface area contributed by atoms with Gasteiger partial charge >= 0.3 is 0 Å². The maximum atomic E-state index is 12.8. The van der Waals surface area contributed by atoms with Crippen LogP contribution in [0.25, 0.3) is 11.4 Å². The molecule has 6 nitrogen and oxygen atoms in total. The molecule has 0 aliphatic carbocycles. The number of hydrogen-bond donors (Lipinski definition) is 0. The highest BCUT2D eigenvalue weighted by atomic mass is 32.2. The SMILES string of the molecule is Cc1ccc(S(=O)(=O)N2CCC(c3nc(-c4cccc(C)c4)no3)CC2)cc1. The van der Waals surface area contributed by atoms with E-state index in [1.807, 2.05) is 50.2 Å². The van der Waals surface area contributed by atoms with E-state index in [2.05, 4.69) is 10.1 Å². The van der Waals surface area contributed by atoms with Gasteiger partial charge in [0.2, 0.25) is 21.7 Å².